The highest BCUT2D eigenvalue weighted by atomic mass is 19.1. The first-order valence-electron chi connectivity index (χ1n) is 7.26. The summed E-state index contributed by atoms with van der Waals surface area (Å²) in [5.41, 5.74) is -0.495. The van der Waals surface area contributed by atoms with Crippen molar-refractivity contribution in [1.82, 2.24) is 5.32 Å². The number of nitrogens with one attached hydrogen (secondary N) is 1. The van der Waals surface area contributed by atoms with E-state index in [0.717, 1.165) is 50.2 Å². The zero-order valence-corrected chi connectivity index (χ0v) is 12.0. The van der Waals surface area contributed by atoms with Crippen LogP contribution in [0.15, 0.2) is 18.2 Å². The van der Waals surface area contributed by atoms with E-state index in [1.54, 1.807) is 0 Å². The lowest BCUT2D eigenvalue weighted by Crippen LogP contribution is -2.37. The van der Waals surface area contributed by atoms with Crippen LogP contribution in [0.5, 0.6) is 0 Å². The van der Waals surface area contributed by atoms with Crippen molar-refractivity contribution in [1.29, 1.82) is 0 Å². The summed E-state index contributed by atoms with van der Waals surface area (Å²) < 4.78 is 13.5. The van der Waals surface area contributed by atoms with Gasteiger partial charge in [0.15, 0.2) is 0 Å². The highest BCUT2D eigenvalue weighted by molar-refractivity contribution is 5.94. The standard InChI is InChI=1S/C15H19FN2O3/c1-2-10-3-6-12(7-4-10)17-15(19)11-5-8-14(18(20)21)13(16)9-11/h5,8-10,12H,2-4,6-7H2,1H3,(H,17,19). The molecule has 1 aliphatic carbocycles. The Hall–Kier alpha value is -1.98. The molecule has 1 amide bonds. The highest BCUT2D eigenvalue weighted by Gasteiger charge is 2.23. The maximum absolute atomic E-state index is 13.5. The molecule has 1 N–H and O–H groups in total. The average Bonchev–Trinajstić information content (AvgIpc) is 2.47. The Morgan fingerprint density at radius 3 is 2.57 bits per heavy atom. The molecule has 5 nitrogen and oxygen atoms in total. The molecular weight excluding hydrogens is 275 g/mol. The third-order valence-corrected chi connectivity index (χ3v) is 4.17. The Morgan fingerprint density at radius 2 is 2.05 bits per heavy atom. The van der Waals surface area contributed by atoms with Crippen LogP contribution in [0, 0.1) is 21.8 Å². The highest BCUT2D eigenvalue weighted by Crippen LogP contribution is 2.26. The van der Waals surface area contributed by atoms with Crippen LogP contribution < -0.4 is 5.32 Å². The molecule has 0 atom stereocenters. The molecule has 114 valence electrons. The summed E-state index contributed by atoms with van der Waals surface area (Å²) in [5.74, 6) is -0.624. The second kappa shape index (κ2) is 6.65. The van der Waals surface area contributed by atoms with Gasteiger partial charge < -0.3 is 5.32 Å². The van der Waals surface area contributed by atoms with Crippen LogP contribution in [0.3, 0.4) is 0 Å². The number of carbonyl (C=O) groups is 1. The Balaban J connectivity index is 1.98. The number of nitro benzene ring substituents is 1. The van der Waals surface area contributed by atoms with Gasteiger partial charge in [-0.15, -0.1) is 0 Å². The van der Waals surface area contributed by atoms with Crippen molar-refractivity contribution in [2.75, 3.05) is 0 Å². The molecule has 1 fully saturated rings. The monoisotopic (exact) mass is 294 g/mol. The van der Waals surface area contributed by atoms with Crippen LogP contribution >= 0.6 is 0 Å². The lowest BCUT2D eigenvalue weighted by atomic mass is 9.84. The number of nitrogens with zero attached hydrogens (tertiary/aromatic N) is 1. The van der Waals surface area contributed by atoms with Gasteiger partial charge in [-0.3, -0.25) is 14.9 Å². The zero-order valence-electron chi connectivity index (χ0n) is 12.0. The van der Waals surface area contributed by atoms with Crippen molar-refractivity contribution < 1.29 is 14.1 Å². The predicted molar refractivity (Wildman–Crippen MR) is 76.6 cm³/mol. The number of carbonyl (C=O) groups excluding carboxylic acids is 1. The van der Waals surface area contributed by atoms with E-state index in [4.69, 9.17) is 0 Å². The molecule has 0 unspecified atom stereocenters. The second-order valence-corrected chi connectivity index (χ2v) is 5.52. The largest absolute Gasteiger partial charge is 0.349 e. The number of hydrogen-bond donors (Lipinski definition) is 1. The molecule has 1 saturated carbocycles. The molecule has 21 heavy (non-hydrogen) atoms. The number of nitro groups is 1. The summed E-state index contributed by atoms with van der Waals surface area (Å²) in [6, 6.07) is 3.34. The van der Waals surface area contributed by atoms with Crippen molar-refractivity contribution in [3.05, 3.63) is 39.7 Å². The van der Waals surface area contributed by atoms with E-state index in [9.17, 15) is 19.3 Å². The fourth-order valence-electron chi connectivity index (χ4n) is 2.78. The van der Waals surface area contributed by atoms with Gasteiger partial charge in [0, 0.05) is 17.7 Å². The lowest BCUT2D eigenvalue weighted by molar-refractivity contribution is -0.387. The second-order valence-electron chi connectivity index (χ2n) is 5.52. The van der Waals surface area contributed by atoms with Gasteiger partial charge in [0.05, 0.1) is 4.92 Å². The summed E-state index contributed by atoms with van der Waals surface area (Å²) in [4.78, 5) is 21.8. The van der Waals surface area contributed by atoms with Gasteiger partial charge in [-0.2, -0.15) is 4.39 Å². The molecule has 2 rings (SSSR count). The molecule has 1 aromatic carbocycles. The maximum Gasteiger partial charge on any atom is 0.304 e. The number of rotatable bonds is 4. The average molecular weight is 294 g/mol. The molecule has 0 spiro atoms. The summed E-state index contributed by atoms with van der Waals surface area (Å²) >= 11 is 0. The Labute approximate surface area is 122 Å². The molecule has 0 aromatic heterocycles. The molecule has 6 heteroatoms. The normalized spacial score (nSPS) is 21.8. The quantitative estimate of drug-likeness (QED) is 0.683. The topological polar surface area (TPSA) is 72.2 Å². The van der Waals surface area contributed by atoms with Gasteiger partial charge >= 0.3 is 5.69 Å². The van der Waals surface area contributed by atoms with E-state index in [0.29, 0.717) is 0 Å². The smallest absolute Gasteiger partial charge is 0.304 e. The van der Waals surface area contributed by atoms with Gasteiger partial charge in [0.2, 0.25) is 5.82 Å². The van der Waals surface area contributed by atoms with E-state index in [2.05, 4.69) is 12.2 Å². The molecule has 0 saturated heterocycles. The Bertz CT molecular complexity index is 540. The number of halogens is 1. The first kappa shape index (κ1) is 15.4. The van der Waals surface area contributed by atoms with E-state index < -0.39 is 16.4 Å². The summed E-state index contributed by atoms with van der Waals surface area (Å²) in [7, 11) is 0. The Morgan fingerprint density at radius 1 is 1.38 bits per heavy atom. The van der Waals surface area contributed by atoms with Crippen molar-refractivity contribution in [3.8, 4) is 0 Å². The first-order valence-corrected chi connectivity index (χ1v) is 7.26. The molecule has 0 aliphatic heterocycles. The predicted octanol–water partition coefficient (Wildman–Crippen LogP) is 3.43. The van der Waals surface area contributed by atoms with Crippen LogP contribution in [-0.4, -0.2) is 16.9 Å². The van der Waals surface area contributed by atoms with E-state index >= 15 is 0 Å². The number of amides is 1. The fourth-order valence-corrected chi connectivity index (χ4v) is 2.78. The summed E-state index contributed by atoms with van der Waals surface area (Å²) in [6.07, 6.45) is 5.21. The minimum absolute atomic E-state index is 0.110. The molecule has 1 aromatic rings. The molecular formula is C15H19FN2O3. The van der Waals surface area contributed by atoms with Crippen LogP contribution in [0.1, 0.15) is 49.4 Å². The molecule has 1 aliphatic rings. The van der Waals surface area contributed by atoms with Crippen molar-refractivity contribution in [2.24, 2.45) is 5.92 Å². The maximum atomic E-state index is 13.5. The third kappa shape index (κ3) is 3.77. The SMILES string of the molecule is CCC1CCC(NC(=O)c2ccc([N+](=O)[O-])c(F)c2)CC1. The third-order valence-electron chi connectivity index (χ3n) is 4.17. The van der Waals surface area contributed by atoms with Crippen molar-refractivity contribution >= 4 is 11.6 Å². The first-order chi connectivity index (χ1) is 10.0. The lowest BCUT2D eigenvalue weighted by Gasteiger charge is -2.28. The zero-order chi connectivity index (χ0) is 15.4. The Kier molecular flexibility index (Phi) is 4.88. The van der Waals surface area contributed by atoms with Crippen LogP contribution in [-0.2, 0) is 0 Å². The van der Waals surface area contributed by atoms with E-state index in [1.165, 1.54) is 6.07 Å². The molecule has 0 heterocycles. The van der Waals surface area contributed by atoms with Gasteiger partial charge in [-0.1, -0.05) is 13.3 Å². The van der Waals surface area contributed by atoms with Crippen molar-refractivity contribution in [3.63, 3.8) is 0 Å². The van der Waals surface area contributed by atoms with E-state index in [-0.39, 0.29) is 17.5 Å². The minimum Gasteiger partial charge on any atom is -0.349 e. The minimum atomic E-state index is -0.984. The number of benzene rings is 1. The van der Waals surface area contributed by atoms with Gasteiger partial charge in [-0.05, 0) is 43.7 Å². The van der Waals surface area contributed by atoms with Crippen LogP contribution in [0.25, 0.3) is 0 Å². The van der Waals surface area contributed by atoms with Crippen molar-refractivity contribution in [2.45, 2.75) is 45.1 Å². The van der Waals surface area contributed by atoms with Crippen LogP contribution in [0.4, 0.5) is 10.1 Å². The van der Waals surface area contributed by atoms with Crippen LogP contribution in [0.2, 0.25) is 0 Å². The number of hydrogen-bond acceptors (Lipinski definition) is 3. The fraction of sp³-hybridized carbons (Fsp3) is 0.533. The van der Waals surface area contributed by atoms with Gasteiger partial charge in [0.25, 0.3) is 5.91 Å². The van der Waals surface area contributed by atoms with Gasteiger partial charge in [0.1, 0.15) is 0 Å². The molecule has 0 bridgehead atoms. The molecule has 0 radical (unpaired) electrons. The van der Waals surface area contributed by atoms with Gasteiger partial charge in [-0.25, -0.2) is 0 Å². The van der Waals surface area contributed by atoms with E-state index in [1.807, 2.05) is 0 Å². The summed E-state index contributed by atoms with van der Waals surface area (Å²) in [5, 5.41) is 13.4. The summed E-state index contributed by atoms with van der Waals surface area (Å²) in [6.45, 7) is 2.17.